The second kappa shape index (κ2) is 7.09. The van der Waals surface area contributed by atoms with Crippen LogP contribution in [0.2, 0.25) is 0 Å². The summed E-state index contributed by atoms with van der Waals surface area (Å²) in [6.07, 6.45) is 5.29. The molecule has 0 aliphatic rings. The molecule has 0 spiro atoms. The lowest BCUT2D eigenvalue weighted by Crippen LogP contribution is -1.74. The Labute approximate surface area is 56.4 Å². The van der Waals surface area contributed by atoms with Crippen LogP contribution in [0.15, 0.2) is 12.2 Å². The van der Waals surface area contributed by atoms with Crippen molar-refractivity contribution in [1.29, 1.82) is 0 Å². The highest BCUT2D eigenvalue weighted by Crippen LogP contribution is 2.00. The van der Waals surface area contributed by atoms with Crippen LogP contribution in [-0.2, 0) is 0 Å². The summed E-state index contributed by atoms with van der Waals surface area (Å²) in [6.45, 7) is 5.78. The summed E-state index contributed by atoms with van der Waals surface area (Å²) in [5.74, 6) is 2.33. The van der Waals surface area contributed by atoms with Gasteiger partial charge in [-0.05, 0) is 19.1 Å². The van der Waals surface area contributed by atoms with Gasteiger partial charge in [0.15, 0.2) is 0 Å². The van der Waals surface area contributed by atoms with Crippen molar-refractivity contribution in [3.05, 3.63) is 19.1 Å². The van der Waals surface area contributed by atoms with Gasteiger partial charge in [0, 0.05) is 5.75 Å². The first-order valence-electron chi connectivity index (χ1n) is 2.90. The topological polar surface area (TPSA) is 0 Å². The molecule has 8 heavy (non-hydrogen) atoms. The van der Waals surface area contributed by atoms with Gasteiger partial charge in [0.1, 0.15) is 0 Å². The van der Waals surface area contributed by atoms with Crippen LogP contribution >= 0.6 is 11.8 Å². The van der Waals surface area contributed by atoms with E-state index in [2.05, 4.69) is 19.1 Å². The molecule has 0 saturated heterocycles. The molecular formula is C7H13S. The minimum atomic E-state index is 1.04. The van der Waals surface area contributed by atoms with Gasteiger partial charge in [-0.25, -0.2) is 0 Å². The van der Waals surface area contributed by atoms with Crippen molar-refractivity contribution in [2.75, 3.05) is 11.5 Å². The molecule has 0 aromatic carbocycles. The average Bonchev–Trinajstić information content (AvgIpc) is 1.81. The van der Waals surface area contributed by atoms with Crippen molar-refractivity contribution in [2.45, 2.75) is 13.3 Å². The van der Waals surface area contributed by atoms with Crippen LogP contribution in [0.4, 0.5) is 0 Å². The highest BCUT2D eigenvalue weighted by Gasteiger charge is 1.78. The molecule has 0 aliphatic carbocycles. The van der Waals surface area contributed by atoms with Gasteiger partial charge in [-0.2, -0.15) is 11.8 Å². The van der Waals surface area contributed by atoms with Gasteiger partial charge >= 0.3 is 0 Å². The molecule has 47 valence electrons. The van der Waals surface area contributed by atoms with Crippen LogP contribution in [-0.4, -0.2) is 11.5 Å². The first-order valence-corrected chi connectivity index (χ1v) is 4.05. The van der Waals surface area contributed by atoms with Crippen LogP contribution in [0.25, 0.3) is 0 Å². The molecule has 0 saturated carbocycles. The SMILES string of the molecule is [CH2]CCSCC=CC. The van der Waals surface area contributed by atoms with Crippen molar-refractivity contribution in [2.24, 2.45) is 0 Å². The predicted octanol–water partition coefficient (Wildman–Crippen LogP) is 2.52. The summed E-state index contributed by atoms with van der Waals surface area (Å²) in [4.78, 5) is 0. The predicted molar refractivity (Wildman–Crippen MR) is 42.1 cm³/mol. The average molecular weight is 129 g/mol. The summed E-state index contributed by atoms with van der Waals surface area (Å²) in [7, 11) is 0. The maximum absolute atomic E-state index is 3.74. The Bertz CT molecular complexity index is 57.4. The van der Waals surface area contributed by atoms with Gasteiger partial charge in [-0.1, -0.05) is 19.1 Å². The van der Waals surface area contributed by atoms with E-state index in [1.807, 2.05) is 18.7 Å². The molecule has 0 amide bonds. The Balaban J connectivity index is 2.72. The lowest BCUT2D eigenvalue weighted by molar-refractivity contribution is 1.25. The zero-order chi connectivity index (χ0) is 6.24. The van der Waals surface area contributed by atoms with Gasteiger partial charge < -0.3 is 0 Å². The third kappa shape index (κ3) is 6.09. The van der Waals surface area contributed by atoms with Crippen LogP contribution in [0.1, 0.15) is 13.3 Å². The van der Waals surface area contributed by atoms with E-state index in [0.29, 0.717) is 0 Å². The first kappa shape index (κ1) is 8.09. The van der Waals surface area contributed by atoms with E-state index in [4.69, 9.17) is 0 Å². The van der Waals surface area contributed by atoms with Crippen LogP contribution in [0.3, 0.4) is 0 Å². The molecule has 1 radical (unpaired) electrons. The molecule has 0 unspecified atom stereocenters. The molecule has 0 bridgehead atoms. The Morgan fingerprint density at radius 2 is 2.38 bits per heavy atom. The number of hydrogen-bond donors (Lipinski definition) is 0. The van der Waals surface area contributed by atoms with Gasteiger partial charge in [0.2, 0.25) is 0 Å². The Kier molecular flexibility index (Phi) is 7.17. The van der Waals surface area contributed by atoms with Crippen molar-refractivity contribution < 1.29 is 0 Å². The largest absolute Gasteiger partial charge is 0.158 e. The third-order valence-corrected chi connectivity index (χ3v) is 1.74. The second-order valence-corrected chi connectivity index (χ2v) is 2.65. The summed E-state index contributed by atoms with van der Waals surface area (Å²) >= 11 is 1.93. The molecule has 0 heterocycles. The minimum Gasteiger partial charge on any atom is -0.158 e. The highest BCUT2D eigenvalue weighted by atomic mass is 32.2. The zero-order valence-corrected chi connectivity index (χ0v) is 6.21. The van der Waals surface area contributed by atoms with E-state index in [0.717, 1.165) is 12.2 Å². The molecule has 1 heteroatoms. The molecule has 0 aromatic rings. The van der Waals surface area contributed by atoms with E-state index in [1.54, 1.807) is 0 Å². The monoisotopic (exact) mass is 129 g/mol. The third-order valence-electron chi connectivity index (χ3n) is 0.738. The number of hydrogen-bond acceptors (Lipinski definition) is 1. The Morgan fingerprint density at radius 1 is 1.62 bits per heavy atom. The van der Waals surface area contributed by atoms with E-state index in [9.17, 15) is 0 Å². The van der Waals surface area contributed by atoms with Crippen molar-refractivity contribution in [3.8, 4) is 0 Å². The molecule has 0 rings (SSSR count). The molecule has 0 aromatic heterocycles. The van der Waals surface area contributed by atoms with Crippen molar-refractivity contribution in [1.82, 2.24) is 0 Å². The Hall–Kier alpha value is 0.0900. The molecule has 0 fully saturated rings. The van der Waals surface area contributed by atoms with Crippen LogP contribution in [0, 0.1) is 6.92 Å². The fourth-order valence-electron chi connectivity index (χ4n) is 0.350. The maximum Gasteiger partial charge on any atom is 0.0113 e. The summed E-state index contributed by atoms with van der Waals surface area (Å²) in [6, 6.07) is 0. The van der Waals surface area contributed by atoms with E-state index in [-0.39, 0.29) is 0 Å². The number of thioether (sulfide) groups is 1. The Morgan fingerprint density at radius 3 is 2.88 bits per heavy atom. The molecule has 0 aliphatic heterocycles. The van der Waals surface area contributed by atoms with Crippen LogP contribution in [0.5, 0.6) is 0 Å². The van der Waals surface area contributed by atoms with Gasteiger partial charge in [0.05, 0.1) is 0 Å². The molecular weight excluding hydrogens is 116 g/mol. The summed E-state index contributed by atoms with van der Waals surface area (Å²) < 4.78 is 0. The van der Waals surface area contributed by atoms with E-state index >= 15 is 0 Å². The molecule has 0 nitrogen and oxygen atoms in total. The second-order valence-electron chi connectivity index (χ2n) is 1.50. The zero-order valence-electron chi connectivity index (χ0n) is 5.39. The van der Waals surface area contributed by atoms with Crippen molar-refractivity contribution in [3.63, 3.8) is 0 Å². The van der Waals surface area contributed by atoms with Crippen molar-refractivity contribution >= 4 is 11.8 Å². The smallest absolute Gasteiger partial charge is 0.0113 e. The fourth-order valence-corrected chi connectivity index (χ4v) is 1.05. The standard InChI is InChI=1S/C7H13S/c1-3-5-7-8-6-4-2/h3,5H,2,4,6-7H2,1H3. The fraction of sp³-hybridized carbons (Fsp3) is 0.571. The quantitative estimate of drug-likeness (QED) is 0.415. The van der Waals surface area contributed by atoms with Gasteiger partial charge in [-0.15, -0.1) is 0 Å². The number of allylic oxidation sites excluding steroid dienone is 1. The first-order chi connectivity index (χ1) is 3.91. The van der Waals surface area contributed by atoms with E-state index in [1.165, 1.54) is 5.75 Å². The minimum absolute atomic E-state index is 1.04. The number of rotatable bonds is 4. The lowest BCUT2D eigenvalue weighted by Gasteiger charge is -1.89. The summed E-state index contributed by atoms with van der Waals surface area (Å²) in [5, 5.41) is 0. The lowest BCUT2D eigenvalue weighted by atomic mass is 10.6. The van der Waals surface area contributed by atoms with Gasteiger partial charge in [-0.3, -0.25) is 0 Å². The normalized spacial score (nSPS) is 10.8. The van der Waals surface area contributed by atoms with Gasteiger partial charge in [0.25, 0.3) is 0 Å². The molecule has 0 N–H and O–H groups in total. The molecule has 0 atom stereocenters. The van der Waals surface area contributed by atoms with E-state index < -0.39 is 0 Å². The maximum atomic E-state index is 3.74. The summed E-state index contributed by atoms with van der Waals surface area (Å²) in [5.41, 5.74) is 0. The van der Waals surface area contributed by atoms with Crippen LogP contribution < -0.4 is 0 Å². The highest BCUT2D eigenvalue weighted by molar-refractivity contribution is 7.99.